The Hall–Kier alpha value is -3.21. The molecule has 3 rings (SSSR count). The zero-order chi connectivity index (χ0) is 17.6. The monoisotopic (exact) mass is 333 g/mol. The second-order valence-electron chi connectivity index (χ2n) is 5.51. The van der Waals surface area contributed by atoms with Crippen LogP contribution >= 0.6 is 0 Å². The summed E-state index contributed by atoms with van der Waals surface area (Å²) in [5.74, 6) is 0.184. The highest BCUT2D eigenvalue weighted by atomic mass is 16.5. The number of nitrogens with zero attached hydrogens (tertiary/aromatic N) is 3. The number of aryl methyl sites for hydroxylation is 1. The maximum Gasteiger partial charge on any atom is 0.336 e. The van der Waals surface area contributed by atoms with Crippen LogP contribution in [-0.2, 0) is 0 Å². The standard InChI is InChI=1S/C20H19N3O2/c1-3-25-20-21-19(17-12-9-15(2)10-13-17)23(22-20)18(24)14-11-16-7-5-4-6-8-16/h4-14H,3H2,1-2H3/b14-11+. The van der Waals surface area contributed by atoms with Crippen molar-refractivity contribution in [1.29, 1.82) is 0 Å². The van der Waals surface area contributed by atoms with Crippen LogP contribution in [0.3, 0.4) is 0 Å². The first kappa shape index (κ1) is 16.6. The van der Waals surface area contributed by atoms with Crippen molar-refractivity contribution in [2.45, 2.75) is 13.8 Å². The molecule has 0 amide bonds. The average Bonchev–Trinajstić information content (AvgIpc) is 3.05. The summed E-state index contributed by atoms with van der Waals surface area (Å²) in [6.45, 7) is 4.29. The molecular formula is C20H19N3O2. The summed E-state index contributed by atoms with van der Waals surface area (Å²) in [6, 6.07) is 17.6. The van der Waals surface area contributed by atoms with Crippen LogP contribution in [0.25, 0.3) is 17.5 Å². The Morgan fingerprint density at radius 3 is 2.52 bits per heavy atom. The van der Waals surface area contributed by atoms with Crippen LogP contribution in [0.5, 0.6) is 6.01 Å². The molecule has 0 aliphatic heterocycles. The van der Waals surface area contributed by atoms with Crippen molar-refractivity contribution in [2.24, 2.45) is 0 Å². The summed E-state index contributed by atoms with van der Waals surface area (Å²) in [4.78, 5) is 17.0. The molecule has 5 nitrogen and oxygen atoms in total. The van der Waals surface area contributed by atoms with Crippen molar-refractivity contribution in [3.63, 3.8) is 0 Å². The highest BCUT2D eigenvalue weighted by Crippen LogP contribution is 2.21. The van der Waals surface area contributed by atoms with Crippen LogP contribution in [-0.4, -0.2) is 27.3 Å². The van der Waals surface area contributed by atoms with Crippen LogP contribution in [0.4, 0.5) is 0 Å². The lowest BCUT2D eigenvalue weighted by atomic mass is 10.1. The third-order valence-corrected chi connectivity index (χ3v) is 3.60. The van der Waals surface area contributed by atoms with Gasteiger partial charge in [-0.15, -0.1) is 5.10 Å². The molecule has 0 fully saturated rings. The number of carbonyl (C=O) groups is 1. The van der Waals surface area contributed by atoms with E-state index in [0.717, 1.165) is 16.7 Å². The average molecular weight is 333 g/mol. The molecule has 0 unspecified atom stereocenters. The van der Waals surface area contributed by atoms with E-state index in [1.54, 1.807) is 6.08 Å². The Kier molecular flexibility index (Phi) is 5.04. The van der Waals surface area contributed by atoms with E-state index < -0.39 is 0 Å². The van der Waals surface area contributed by atoms with E-state index in [9.17, 15) is 4.79 Å². The highest BCUT2D eigenvalue weighted by Gasteiger charge is 2.16. The Labute approximate surface area is 146 Å². The van der Waals surface area contributed by atoms with Crippen molar-refractivity contribution in [3.8, 4) is 17.4 Å². The van der Waals surface area contributed by atoms with Gasteiger partial charge in [-0.2, -0.15) is 9.67 Å². The topological polar surface area (TPSA) is 57.0 Å². The Balaban J connectivity index is 1.94. The van der Waals surface area contributed by atoms with Crippen LogP contribution in [0.2, 0.25) is 0 Å². The zero-order valence-corrected chi connectivity index (χ0v) is 14.2. The lowest BCUT2D eigenvalue weighted by Gasteiger charge is -2.02. The smallest absolute Gasteiger partial charge is 0.336 e. The Morgan fingerprint density at radius 2 is 1.84 bits per heavy atom. The first-order valence-electron chi connectivity index (χ1n) is 8.11. The van der Waals surface area contributed by atoms with Gasteiger partial charge < -0.3 is 4.74 Å². The molecule has 0 N–H and O–H groups in total. The predicted molar refractivity (Wildman–Crippen MR) is 97.5 cm³/mol. The molecule has 0 aliphatic rings. The van der Waals surface area contributed by atoms with E-state index in [1.807, 2.05) is 68.4 Å². The van der Waals surface area contributed by atoms with E-state index in [0.29, 0.717) is 12.4 Å². The van der Waals surface area contributed by atoms with Gasteiger partial charge in [0.25, 0.3) is 5.91 Å². The minimum Gasteiger partial charge on any atom is -0.463 e. The second-order valence-corrected chi connectivity index (χ2v) is 5.51. The minimum absolute atomic E-state index is 0.194. The largest absolute Gasteiger partial charge is 0.463 e. The van der Waals surface area contributed by atoms with Crippen LogP contribution < -0.4 is 4.74 Å². The maximum absolute atomic E-state index is 12.6. The summed E-state index contributed by atoms with van der Waals surface area (Å²) in [7, 11) is 0. The van der Waals surface area contributed by atoms with Gasteiger partial charge in [-0.1, -0.05) is 60.2 Å². The molecule has 1 aromatic heterocycles. The normalized spacial score (nSPS) is 11.0. The molecule has 25 heavy (non-hydrogen) atoms. The molecule has 0 saturated carbocycles. The third-order valence-electron chi connectivity index (χ3n) is 3.60. The third kappa shape index (κ3) is 4.01. The first-order valence-corrected chi connectivity index (χ1v) is 8.11. The van der Waals surface area contributed by atoms with E-state index in [1.165, 1.54) is 10.8 Å². The molecule has 0 atom stereocenters. The number of hydrogen-bond acceptors (Lipinski definition) is 4. The number of hydrogen-bond donors (Lipinski definition) is 0. The van der Waals surface area contributed by atoms with Crippen molar-refractivity contribution in [3.05, 3.63) is 71.8 Å². The molecule has 2 aromatic carbocycles. The molecule has 3 aromatic rings. The van der Waals surface area contributed by atoms with Crippen LogP contribution in [0.15, 0.2) is 60.7 Å². The summed E-state index contributed by atoms with van der Waals surface area (Å²) >= 11 is 0. The SMILES string of the molecule is CCOc1nc(-c2ccc(C)cc2)n(C(=O)/C=C/c2ccccc2)n1. The molecular weight excluding hydrogens is 314 g/mol. The quantitative estimate of drug-likeness (QED) is 0.662. The van der Waals surface area contributed by atoms with Crippen molar-refractivity contribution in [1.82, 2.24) is 14.8 Å². The van der Waals surface area contributed by atoms with Gasteiger partial charge in [0, 0.05) is 11.6 Å². The van der Waals surface area contributed by atoms with Crippen LogP contribution in [0.1, 0.15) is 22.8 Å². The number of aromatic nitrogens is 3. The fourth-order valence-electron chi connectivity index (χ4n) is 2.33. The minimum atomic E-state index is -0.280. The molecule has 0 spiro atoms. The number of allylic oxidation sites excluding steroid dienone is 1. The van der Waals surface area contributed by atoms with Gasteiger partial charge in [-0.25, -0.2) is 0 Å². The zero-order valence-electron chi connectivity index (χ0n) is 14.2. The molecule has 5 heteroatoms. The van der Waals surface area contributed by atoms with Gasteiger partial charge in [-0.05, 0) is 25.5 Å². The predicted octanol–water partition coefficient (Wildman–Crippen LogP) is 4.01. The molecule has 0 radical (unpaired) electrons. The first-order chi connectivity index (χ1) is 12.2. The van der Waals surface area contributed by atoms with Gasteiger partial charge in [0.15, 0.2) is 5.82 Å². The van der Waals surface area contributed by atoms with Crippen molar-refractivity contribution >= 4 is 12.0 Å². The van der Waals surface area contributed by atoms with E-state index in [2.05, 4.69) is 10.1 Å². The number of rotatable bonds is 5. The summed E-state index contributed by atoms with van der Waals surface area (Å²) in [6.07, 6.45) is 3.24. The van der Waals surface area contributed by atoms with Gasteiger partial charge in [-0.3, -0.25) is 4.79 Å². The molecule has 0 bridgehead atoms. The molecule has 126 valence electrons. The van der Waals surface area contributed by atoms with E-state index >= 15 is 0 Å². The van der Waals surface area contributed by atoms with Gasteiger partial charge in [0.05, 0.1) is 6.61 Å². The van der Waals surface area contributed by atoms with Crippen LogP contribution in [0, 0.1) is 6.92 Å². The molecule has 0 aliphatic carbocycles. The Morgan fingerprint density at radius 1 is 1.12 bits per heavy atom. The highest BCUT2D eigenvalue weighted by molar-refractivity contribution is 5.95. The van der Waals surface area contributed by atoms with E-state index in [4.69, 9.17) is 4.74 Å². The Bertz CT molecular complexity index is 881. The number of carbonyl (C=O) groups excluding carboxylic acids is 1. The molecule has 0 saturated heterocycles. The van der Waals surface area contributed by atoms with Gasteiger partial charge in [0.2, 0.25) is 0 Å². The van der Waals surface area contributed by atoms with E-state index in [-0.39, 0.29) is 11.9 Å². The summed E-state index contributed by atoms with van der Waals surface area (Å²) in [5, 5.41) is 4.19. The molecule has 1 heterocycles. The maximum atomic E-state index is 12.6. The second kappa shape index (κ2) is 7.57. The number of ether oxygens (including phenoxy) is 1. The fraction of sp³-hybridized carbons (Fsp3) is 0.150. The lowest BCUT2D eigenvalue weighted by Crippen LogP contribution is -2.11. The number of benzene rings is 2. The van der Waals surface area contributed by atoms with Crippen molar-refractivity contribution < 1.29 is 9.53 Å². The van der Waals surface area contributed by atoms with Gasteiger partial charge >= 0.3 is 6.01 Å². The lowest BCUT2D eigenvalue weighted by molar-refractivity contribution is 0.0955. The fourth-order valence-corrected chi connectivity index (χ4v) is 2.33. The van der Waals surface area contributed by atoms with Gasteiger partial charge in [0.1, 0.15) is 0 Å². The summed E-state index contributed by atoms with van der Waals surface area (Å²) in [5.41, 5.74) is 2.89. The summed E-state index contributed by atoms with van der Waals surface area (Å²) < 4.78 is 6.64. The van der Waals surface area contributed by atoms with Crippen molar-refractivity contribution in [2.75, 3.05) is 6.61 Å².